The fraction of sp³-hybridized carbons (Fsp3) is 0.545. The van der Waals surface area contributed by atoms with E-state index < -0.39 is 27.8 Å². The number of aromatic nitrogens is 2. The fourth-order valence-electron chi connectivity index (χ4n) is 6.31. The summed E-state index contributed by atoms with van der Waals surface area (Å²) >= 11 is 0. The largest absolute Gasteiger partial charge is 0.435 e. The molecule has 2 aromatic rings. The summed E-state index contributed by atoms with van der Waals surface area (Å²) in [5.74, 6) is 1.02. The molecule has 0 spiro atoms. The predicted molar refractivity (Wildman–Crippen MR) is 114 cm³/mol. The van der Waals surface area contributed by atoms with E-state index in [0.29, 0.717) is 23.8 Å². The Morgan fingerprint density at radius 1 is 1.06 bits per heavy atom. The topological polar surface area (TPSA) is 93.1 Å². The summed E-state index contributed by atoms with van der Waals surface area (Å²) in [4.78, 5) is 12.5. The summed E-state index contributed by atoms with van der Waals surface area (Å²) in [7, 11) is -2.50. The summed E-state index contributed by atoms with van der Waals surface area (Å²) in [5.41, 5.74) is -1.52. The molecular weight excluding hydrogens is 457 g/mol. The second kappa shape index (κ2) is 7.56. The van der Waals surface area contributed by atoms with Crippen molar-refractivity contribution >= 4 is 21.6 Å². The van der Waals surface area contributed by atoms with Gasteiger partial charge in [-0.1, -0.05) is 0 Å². The first kappa shape index (κ1) is 22.4. The van der Waals surface area contributed by atoms with Gasteiger partial charge in [0.15, 0.2) is 5.69 Å². The number of carbonyl (C=O) groups excluding carboxylic acids is 1. The van der Waals surface area contributed by atoms with Gasteiger partial charge in [0.1, 0.15) is 5.69 Å². The summed E-state index contributed by atoms with van der Waals surface area (Å²) in [6, 6.07) is 6.30. The Morgan fingerprint density at radius 2 is 1.61 bits per heavy atom. The molecule has 6 rings (SSSR count). The average molecular weight is 483 g/mol. The highest BCUT2D eigenvalue weighted by molar-refractivity contribution is 7.89. The van der Waals surface area contributed by atoms with E-state index in [1.54, 1.807) is 0 Å². The van der Waals surface area contributed by atoms with Gasteiger partial charge in [0.2, 0.25) is 10.0 Å². The van der Waals surface area contributed by atoms with E-state index in [4.69, 9.17) is 0 Å². The van der Waals surface area contributed by atoms with E-state index in [1.807, 2.05) is 0 Å². The zero-order valence-electron chi connectivity index (χ0n) is 18.0. The molecule has 4 aliphatic rings. The van der Waals surface area contributed by atoms with Crippen LogP contribution in [0.4, 0.5) is 18.9 Å². The third-order valence-electron chi connectivity index (χ3n) is 7.21. The second-order valence-corrected chi connectivity index (χ2v) is 11.5. The molecule has 0 saturated heterocycles. The Balaban J connectivity index is 1.29. The molecular formula is C22H25F3N4O3S. The van der Waals surface area contributed by atoms with Crippen molar-refractivity contribution < 1.29 is 26.4 Å². The number of sulfonamides is 1. The third kappa shape index (κ3) is 4.28. The maximum atomic E-state index is 13.1. The molecule has 2 N–H and O–H groups in total. The molecule has 0 unspecified atom stereocenters. The standard InChI is InChI=1S/C22H25F3N4O3S/c1-29-18(9-19(27-29)22(23,24)25)20(30)26-16-2-4-17(5-3-16)33(31,32)28-21-10-13-6-14(11-21)8-15(7-13)12-21/h2-5,9,13-15,28H,6-8,10-12H2,1H3,(H,26,30). The Kier molecular flexibility index (Phi) is 5.13. The molecule has 1 aromatic carbocycles. The SMILES string of the molecule is Cn1nc(C(F)(F)F)cc1C(=O)Nc1ccc(S(=O)(=O)NC23CC4CC(CC(C4)C2)C3)cc1. The van der Waals surface area contributed by atoms with Crippen molar-refractivity contribution in [1.82, 2.24) is 14.5 Å². The summed E-state index contributed by atoms with van der Waals surface area (Å²) in [6.07, 6.45) is 1.62. The van der Waals surface area contributed by atoms with Gasteiger partial charge in [-0.05, 0) is 80.5 Å². The lowest BCUT2D eigenvalue weighted by Gasteiger charge is -2.56. The molecule has 1 amide bonds. The smallest absolute Gasteiger partial charge is 0.321 e. The highest BCUT2D eigenvalue weighted by Crippen LogP contribution is 2.56. The van der Waals surface area contributed by atoms with Crippen LogP contribution < -0.4 is 10.0 Å². The quantitative estimate of drug-likeness (QED) is 0.675. The fourth-order valence-corrected chi connectivity index (χ4v) is 7.74. The van der Waals surface area contributed by atoms with Crippen LogP contribution in [0.3, 0.4) is 0 Å². The number of halogens is 3. The zero-order chi connectivity index (χ0) is 23.6. The molecule has 0 aliphatic heterocycles. The average Bonchev–Trinajstić information content (AvgIpc) is 3.09. The van der Waals surface area contributed by atoms with Gasteiger partial charge in [-0.25, -0.2) is 13.1 Å². The van der Waals surface area contributed by atoms with Gasteiger partial charge in [-0.15, -0.1) is 0 Å². The first-order valence-corrected chi connectivity index (χ1v) is 12.5. The van der Waals surface area contributed by atoms with E-state index >= 15 is 0 Å². The van der Waals surface area contributed by atoms with Gasteiger partial charge in [-0.3, -0.25) is 9.48 Å². The van der Waals surface area contributed by atoms with Crippen molar-refractivity contribution in [3.63, 3.8) is 0 Å². The van der Waals surface area contributed by atoms with E-state index in [2.05, 4.69) is 15.1 Å². The highest BCUT2D eigenvalue weighted by Gasteiger charge is 2.52. The lowest BCUT2D eigenvalue weighted by atomic mass is 9.53. The van der Waals surface area contributed by atoms with Crippen molar-refractivity contribution in [2.45, 2.75) is 55.1 Å². The Labute approximate surface area is 189 Å². The van der Waals surface area contributed by atoms with E-state index in [-0.39, 0.29) is 21.8 Å². The molecule has 1 heterocycles. The van der Waals surface area contributed by atoms with Crippen LogP contribution >= 0.6 is 0 Å². The summed E-state index contributed by atoms with van der Waals surface area (Å²) < 4.78 is 68.5. The first-order valence-electron chi connectivity index (χ1n) is 11.0. The van der Waals surface area contributed by atoms with E-state index in [9.17, 15) is 26.4 Å². The minimum Gasteiger partial charge on any atom is -0.321 e. The van der Waals surface area contributed by atoms with Gasteiger partial charge < -0.3 is 5.32 Å². The van der Waals surface area contributed by atoms with Crippen LogP contribution in [-0.4, -0.2) is 29.6 Å². The van der Waals surface area contributed by atoms with Crippen LogP contribution in [0, 0.1) is 17.8 Å². The first-order chi connectivity index (χ1) is 15.4. The molecule has 11 heteroatoms. The van der Waals surface area contributed by atoms with Crippen LogP contribution in [-0.2, 0) is 23.2 Å². The van der Waals surface area contributed by atoms with Gasteiger partial charge in [0, 0.05) is 24.3 Å². The van der Waals surface area contributed by atoms with Crippen molar-refractivity contribution in [2.75, 3.05) is 5.32 Å². The number of aryl methyl sites for hydroxylation is 1. The number of carbonyl (C=O) groups is 1. The molecule has 1 aromatic heterocycles. The molecule has 0 atom stereocenters. The van der Waals surface area contributed by atoms with Crippen LogP contribution in [0.1, 0.15) is 54.7 Å². The molecule has 4 aliphatic carbocycles. The van der Waals surface area contributed by atoms with Crippen molar-refractivity contribution in [1.29, 1.82) is 0 Å². The number of nitrogens with zero attached hydrogens (tertiary/aromatic N) is 2. The molecule has 7 nitrogen and oxygen atoms in total. The van der Waals surface area contributed by atoms with Crippen molar-refractivity contribution in [3.05, 3.63) is 41.7 Å². The molecule has 33 heavy (non-hydrogen) atoms. The molecule has 178 valence electrons. The monoisotopic (exact) mass is 482 g/mol. The van der Waals surface area contributed by atoms with Gasteiger partial charge in [0.25, 0.3) is 5.91 Å². The van der Waals surface area contributed by atoms with Crippen molar-refractivity contribution in [2.24, 2.45) is 24.8 Å². The third-order valence-corrected chi connectivity index (χ3v) is 8.81. The number of nitrogens with one attached hydrogen (secondary N) is 2. The number of alkyl halides is 3. The number of amides is 1. The van der Waals surface area contributed by atoms with Crippen LogP contribution in [0.15, 0.2) is 35.2 Å². The van der Waals surface area contributed by atoms with E-state index in [0.717, 1.165) is 23.9 Å². The van der Waals surface area contributed by atoms with Gasteiger partial charge >= 0.3 is 6.18 Å². The normalized spacial score (nSPS) is 28.8. The number of hydrogen-bond acceptors (Lipinski definition) is 4. The second-order valence-electron chi connectivity index (χ2n) is 9.82. The highest BCUT2D eigenvalue weighted by atomic mass is 32.2. The van der Waals surface area contributed by atoms with Gasteiger partial charge in [0.05, 0.1) is 4.90 Å². The maximum absolute atomic E-state index is 13.1. The molecule has 4 bridgehead atoms. The molecule has 0 radical (unpaired) electrons. The number of hydrogen-bond donors (Lipinski definition) is 2. The summed E-state index contributed by atoms with van der Waals surface area (Å²) in [6.45, 7) is 0. The van der Waals surface area contributed by atoms with Gasteiger partial charge in [-0.2, -0.15) is 18.3 Å². The Morgan fingerprint density at radius 3 is 2.09 bits per heavy atom. The predicted octanol–water partition coefficient (Wildman–Crippen LogP) is 3.94. The summed E-state index contributed by atoms with van der Waals surface area (Å²) in [5, 5.41) is 5.81. The molecule has 4 fully saturated rings. The zero-order valence-corrected chi connectivity index (χ0v) is 18.8. The van der Waals surface area contributed by atoms with Crippen LogP contribution in [0.25, 0.3) is 0 Å². The Hall–Kier alpha value is -2.40. The number of rotatable bonds is 5. The lowest BCUT2D eigenvalue weighted by Crippen LogP contribution is -2.59. The number of anilines is 1. The van der Waals surface area contributed by atoms with Crippen LogP contribution in [0.5, 0.6) is 0 Å². The number of benzene rings is 1. The maximum Gasteiger partial charge on any atom is 0.435 e. The lowest BCUT2D eigenvalue weighted by molar-refractivity contribution is -0.141. The van der Waals surface area contributed by atoms with Crippen LogP contribution in [0.2, 0.25) is 0 Å². The Bertz CT molecular complexity index is 1150. The minimum atomic E-state index is -4.66. The van der Waals surface area contributed by atoms with Crippen molar-refractivity contribution in [3.8, 4) is 0 Å². The van der Waals surface area contributed by atoms with E-state index in [1.165, 1.54) is 50.6 Å². The molecule has 4 saturated carbocycles. The minimum absolute atomic E-state index is 0.0936.